The van der Waals surface area contributed by atoms with Crippen molar-refractivity contribution >= 4 is 23.1 Å². The quantitative estimate of drug-likeness (QED) is 0.469. The third-order valence-corrected chi connectivity index (χ3v) is 2.98. The lowest BCUT2D eigenvalue weighted by Crippen LogP contribution is -2.04. The number of nitrogens with zero attached hydrogens (tertiary/aromatic N) is 1. The van der Waals surface area contributed by atoms with Crippen LogP contribution in [0.25, 0.3) is 0 Å². The fraction of sp³-hybridized carbons (Fsp3) is 0.455. The normalized spacial score (nSPS) is 10.1. The number of thioether (sulfide) groups is 1. The molecule has 0 spiro atoms. The van der Waals surface area contributed by atoms with Crippen LogP contribution in [-0.2, 0) is 0 Å². The zero-order valence-corrected chi connectivity index (χ0v) is 10.3. The molecule has 0 fully saturated rings. The lowest BCUT2D eigenvalue weighted by molar-refractivity contribution is -0.386. The third-order valence-electron chi connectivity index (χ3n) is 2.05. The molecule has 0 aromatic heterocycles. The molecule has 0 aliphatic carbocycles. The van der Waals surface area contributed by atoms with E-state index in [1.54, 1.807) is 12.1 Å². The van der Waals surface area contributed by atoms with Crippen molar-refractivity contribution in [3.63, 3.8) is 0 Å². The Hall–Kier alpha value is -1.23. The fourth-order valence-corrected chi connectivity index (χ4v) is 2.19. The molecule has 5 heteroatoms. The summed E-state index contributed by atoms with van der Waals surface area (Å²) in [6.45, 7) is 4.77. The van der Waals surface area contributed by atoms with Gasteiger partial charge >= 0.3 is 5.69 Å². The van der Waals surface area contributed by atoms with Gasteiger partial charge in [-0.05, 0) is 24.3 Å². The number of hydrogen-bond acceptors (Lipinski definition) is 4. The van der Waals surface area contributed by atoms with Crippen molar-refractivity contribution in [2.45, 2.75) is 25.2 Å². The monoisotopic (exact) mass is 240 g/mol. The predicted octanol–water partition coefficient (Wildman–Crippen LogP) is 3.53. The van der Waals surface area contributed by atoms with Gasteiger partial charge in [0.1, 0.15) is 5.69 Å². The Bertz CT molecular complexity index is 369. The fourth-order valence-electron chi connectivity index (χ4n) is 1.38. The zero-order valence-electron chi connectivity index (χ0n) is 9.53. The van der Waals surface area contributed by atoms with Crippen LogP contribution in [-0.4, -0.2) is 17.2 Å². The van der Waals surface area contributed by atoms with Gasteiger partial charge in [-0.15, -0.1) is 11.8 Å². The second-order valence-corrected chi connectivity index (χ2v) is 4.58. The van der Waals surface area contributed by atoms with Gasteiger partial charge in [0, 0.05) is 6.54 Å². The Labute approximate surface area is 99.6 Å². The van der Waals surface area contributed by atoms with Crippen LogP contribution in [0.15, 0.2) is 23.1 Å². The first-order valence-electron chi connectivity index (χ1n) is 5.34. The average Bonchev–Trinajstić information content (AvgIpc) is 2.26. The predicted molar refractivity (Wildman–Crippen MR) is 68.3 cm³/mol. The van der Waals surface area contributed by atoms with Gasteiger partial charge in [-0.25, -0.2) is 0 Å². The Kier molecular flexibility index (Phi) is 5.11. The van der Waals surface area contributed by atoms with Crippen LogP contribution in [0.2, 0.25) is 0 Å². The molecular formula is C11H16N2O2S. The molecule has 1 aromatic rings. The van der Waals surface area contributed by atoms with Crippen molar-refractivity contribution in [1.29, 1.82) is 0 Å². The summed E-state index contributed by atoms with van der Waals surface area (Å²) in [6.07, 6.45) is 0.947. The van der Waals surface area contributed by atoms with Crippen molar-refractivity contribution in [2.75, 3.05) is 17.6 Å². The number of nitro benzene ring substituents is 1. The van der Waals surface area contributed by atoms with Crippen molar-refractivity contribution in [3.05, 3.63) is 28.3 Å². The van der Waals surface area contributed by atoms with Gasteiger partial charge in [0.2, 0.25) is 0 Å². The maximum absolute atomic E-state index is 11.0. The topological polar surface area (TPSA) is 55.2 Å². The van der Waals surface area contributed by atoms with E-state index in [9.17, 15) is 10.1 Å². The van der Waals surface area contributed by atoms with Gasteiger partial charge in [0.15, 0.2) is 0 Å². The minimum absolute atomic E-state index is 0.197. The molecule has 0 heterocycles. The van der Waals surface area contributed by atoms with Crippen LogP contribution in [0.4, 0.5) is 11.4 Å². The summed E-state index contributed by atoms with van der Waals surface area (Å²) in [7, 11) is 0. The number of para-hydroxylation sites is 1. The molecule has 0 saturated heterocycles. The molecule has 0 atom stereocenters. The second kappa shape index (κ2) is 6.37. The molecule has 0 amide bonds. The largest absolute Gasteiger partial charge is 0.379 e. The summed E-state index contributed by atoms with van der Waals surface area (Å²) in [5.74, 6) is 0.831. The van der Waals surface area contributed by atoms with E-state index in [2.05, 4.69) is 5.32 Å². The number of nitrogens with one attached hydrogen (secondary N) is 1. The SMILES string of the molecule is CCCNc1cccc(SCC)c1[N+](=O)[O-]. The van der Waals surface area contributed by atoms with E-state index in [1.165, 1.54) is 11.8 Å². The first-order valence-corrected chi connectivity index (χ1v) is 6.33. The first-order chi connectivity index (χ1) is 7.70. The summed E-state index contributed by atoms with van der Waals surface area (Å²) >= 11 is 1.50. The highest BCUT2D eigenvalue weighted by Gasteiger charge is 2.18. The van der Waals surface area contributed by atoms with Crippen LogP contribution in [0.1, 0.15) is 20.3 Å². The molecular weight excluding hydrogens is 224 g/mol. The molecule has 1 aromatic carbocycles. The van der Waals surface area contributed by atoms with Crippen molar-refractivity contribution in [2.24, 2.45) is 0 Å². The summed E-state index contributed by atoms with van der Waals surface area (Å²) < 4.78 is 0. The number of rotatable bonds is 6. The lowest BCUT2D eigenvalue weighted by Gasteiger charge is -2.08. The van der Waals surface area contributed by atoms with Gasteiger partial charge in [-0.1, -0.05) is 19.9 Å². The van der Waals surface area contributed by atoms with Crippen molar-refractivity contribution in [3.8, 4) is 0 Å². The highest BCUT2D eigenvalue weighted by atomic mass is 32.2. The third kappa shape index (κ3) is 3.13. The molecule has 0 aliphatic rings. The lowest BCUT2D eigenvalue weighted by atomic mass is 10.2. The van der Waals surface area contributed by atoms with E-state index in [0.29, 0.717) is 5.69 Å². The van der Waals surface area contributed by atoms with E-state index in [-0.39, 0.29) is 10.6 Å². The number of benzene rings is 1. The van der Waals surface area contributed by atoms with Gasteiger partial charge in [-0.2, -0.15) is 0 Å². The average molecular weight is 240 g/mol. The molecule has 0 radical (unpaired) electrons. The van der Waals surface area contributed by atoms with E-state index in [4.69, 9.17) is 0 Å². The van der Waals surface area contributed by atoms with Crippen LogP contribution >= 0.6 is 11.8 Å². The molecule has 88 valence electrons. The second-order valence-electron chi connectivity index (χ2n) is 3.27. The molecule has 0 saturated carbocycles. The van der Waals surface area contributed by atoms with Gasteiger partial charge in [-0.3, -0.25) is 10.1 Å². The van der Waals surface area contributed by atoms with Crippen molar-refractivity contribution in [1.82, 2.24) is 0 Å². The standard InChI is InChI=1S/C11H16N2O2S/c1-3-8-12-9-6-5-7-10(16-4-2)11(9)13(14)15/h5-7,12H,3-4,8H2,1-2H3. The number of anilines is 1. The zero-order chi connectivity index (χ0) is 12.0. The van der Waals surface area contributed by atoms with E-state index >= 15 is 0 Å². The summed E-state index contributed by atoms with van der Waals surface area (Å²) in [5.41, 5.74) is 0.813. The smallest absolute Gasteiger partial charge is 0.305 e. The van der Waals surface area contributed by atoms with Gasteiger partial charge in [0.05, 0.1) is 9.82 Å². The number of nitro groups is 1. The summed E-state index contributed by atoms with van der Waals surface area (Å²) in [5, 5.41) is 14.1. The molecule has 16 heavy (non-hydrogen) atoms. The van der Waals surface area contributed by atoms with Gasteiger partial charge < -0.3 is 5.32 Å². The number of hydrogen-bond donors (Lipinski definition) is 1. The minimum atomic E-state index is -0.310. The highest BCUT2D eigenvalue weighted by molar-refractivity contribution is 7.99. The maximum atomic E-state index is 11.0. The Balaban J connectivity index is 3.05. The van der Waals surface area contributed by atoms with E-state index in [1.807, 2.05) is 19.9 Å². The Morgan fingerprint density at radius 3 is 2.75 bits per heavy atom. The molecule has 0 bridgehead atoms. The van der Waals surface area contributed by atoms with Crippen LogP contribution in [0, 0.1) is 10.1 Å². The molecule has 4 nitrogen and oxygen atoms in total. The molecule has 1 rings (SSSR count). The Morgan fingerprint density at radius 1 is 1.44 bits per heavy atom. The minimum Gasteiger partial charge on any atom is -0.379 e. The molecule has 0 aliphatic heterocycles. The van der Waals surface area contributed by atoms with E-state index in [0.717, 1.165) is 23.6 Å². The van der Waals surface area contributed by atoms with Crippen LogP contribution < -0.4 is 5.32 Å². The first kappa shape index (κ1) is 12.8. The van der Waals surface area contributed by atoms with Gasteiger partial charge in [0.25, 0.3) is 0 Å². The maximum Gasteiger partial charge on any atom is 0.305 e. The van der Waals surface area contributed by atoms with E-state index < -0.39 is 0 Å². The molecule has 0 unspecified atom stereocenters. The van der Waals surface area contributed by atoms with Crippen LogP contribution in [0.5, 0.6) is 0 Å². The summed E-state index contributed by atoms with van der Waals surface area (Å²) in [4.78, 5) is 11.5. The Morgan fingerprint density at radius 2 is 2.19 bits per heavy atom. The molecule has 1 N–H and O–H groups in total. The summed E-state index contributed by atoms with van der Waals surface area (Å²) in [6, 6.07) is 5.40. The van der Waals surface area contributed by atoms with Crippen molar-refractivity contribution < 1.29 is 4.92 Å². The highest BCUT2D eigenvalue weighted by Crippen LogP contribution is 2.35. The van der Waals surface area contributed by atoms with Crippen LogP contribution in [0.3, 0.4) is 0 Å².